The van der Waals surface area contributed by atoms with Crippen molar-refractivity contribution >= 4 is 0 Å². The Kier molecular flexibility index (Phi) is 4.70. The normalized spacial score (nSPS) is 24.2. The van der Waals surface area contributed by atoms with Gasteiger partial charge in [0.15, 0.2) is 0 Å². The molecule has 0 aromatic rings. The summed E-state index contributed by atoms with van der Waals surface area (Å²) in [5.41, 5.74) is 11.7. The summed E-state index contributed by atoms with van der Waals surface area (Å²) in [6, 6.07) is 0.312. The highest BCUT2D eigenvalue weighted by Crippen LogP contribution is 2.23. The van der Waals surface area contributed by atoms with Gasteiger partial charge in [0, 0.05) is 19.3 Å². The van der Waals surface area contributed by atoms with Crippen LogP contribution >= 0.6 is 0 Å². The zero-order valence-electron chi connectivity index (χ0n) is 8.54. The maximum Gasteiger partial charge on any atom is 0.0469 e. The summed E-state index contributed by atoms with van der Waals surface area (Å²) in [7, 11) is 0. The summed E-state index contributed by atoms with van der Waals surface area (Å²) in [6.07, 6.45) is 3.28. The van der Waals surface area contributed by atoms with Crippen LogP contribution in [0.1, 0.15) is 26.2 Å². The summed E-state index contributed by atoms with van der Waals surface area (Å²) in [5.74, 6) is 1.20. The zero-order valence-corrected chi connectivity index (χ0v) is 8.54. The molecule has 1 heterocycles. The third-order valence-electron chi connectivity index (χ3n) is 3.09. The number of hydrogen-bond donors (Lipinski definition) is 2. The Labute approximate surface area is 80.8 Å². The molecular weight excluding hydrogens is 164 g/mol. The van der Waals surface area contributed by atoms with Crippen LogP contribution in [-0.2, 0) is 4.74 Å². The van der Waals surface area contributed by atoms with Crippen molar-refractivity contribution in [1.29, 1.82) is 0 Å². The van der Waals surface area contributed by atoms with Crippen molar-refractivity contribution in [2.45, 2.75) is 32.2 Å². The first kappa shape index (κ1) is 11.0. The third-order valence-corrected chi connectivity index (χ3v) is 3.09. The topological polar surface area (TPSA) is 61.3 Å². The van der Waals surface area contributed by atoms with Gasteiger partial charge in [-0.15, -0.1) is 0 Å². The number of rotatable bonds is 4. The molecule has 13 heavy (non-hydrogen) atoms. The van der Waals surface area contributed by atoms with Gasteiger partial charge in [-0.1, -0.05) is 6.92 Å². The Morgan fingerprint density at radius 1 is 1.38 bits per heavy atom. The maximum absolute atomic E-state index is 6.17. The van der Waals surface area contributed by atoms with Gasteiger partial charge < -0.3 is 16.2 Å². The molecule has 0 radical (unpaired) electrons. The average molecular weight is 186 g/mol. The van der Waals surface area contributed by atoms with E-state index in [1.807, 2.05) is 0 Å². The second-order valence-corrected chi connectivity index (χ2v) is 4.08. The molecule has 4 N–H and O–H groups in total. The minimum Gasteiger partial charge on any atom is -0.381 e. The van der Waals surface area contributed by atoms with Crippen LogP contribution in [-0.4, -0.2) is 25.8 Å². The lowest BCUT2D eigenvalue weighted by atomic mass is 9.83. The van der Waals surface area contributed by atoms with Gasteiger partial charge in [0.2, 0.25) is 0 Å². The van der Waals surface area contributed by atoms with Crippen LogP contribution in [0.15, 0.2) is 0 Å². The molecule has 1 aliphatic rings. The van der Waals surface area contributed by atoms with Crippen molar-refractivity contribution in [3.05, 3.63) is 0 Å². The van der Waals surface area contributed by atoms with E-state index in [9.17, 15) is 0 Å². The Morgan fingerprint density at radius 3 is 2.54 bits per heavy atom. The monoisotopic (exact) mass is 186 g/mol. The first-order valence-corrected chi connectivity index (χ1v) is 5.29. The van der Waals surface area contributed by atoms with Gasteiger partial charge in [0.1, 0.15) is 0 Å². The summed E-state index contributed by atoms with van der Waals surface area (Å²) in [6.45, 7) is 4.71. The van der Waals surface area contributed by atoms with Gasteiger partial charge in [-0.3, -0.25) is 0 Å². The fourth-order valence-corrected chi connectivity index (χ4v) is 2.02. The van der Waals surface area contributed by atoms with Crippen LogP contribution in [0.4, 0.5) is 0 Å². The summed E-state index contributed by atoms with van der Waals surface area (Å²) in [4.78, 5) is 0. The van der Waals surface area contributed by atoms with Gasteiger partial charge >= 0.3 is 0 Å². The Morgan fingerprint density at radius 2 is 2.00 bits per heavy atom. The van der Waals surface area contributed by atoms with Crippen molar-refractivity contribution in [3.8, 4) is 0 Å². The molecule has 0 bridgehead atoms. The smallest absolute Gasteiger partial charge is 0.0469 e. The highest BCUT2D eigenvalue weighted by atomic mass is 16.5. The standard InChI is InChI=1S/C10H22N2O/c1-8(2-5-11)10(12)9-3-6-13-7-4-9/h8-10H,2-7,11-12H2,1H3. The van der Waals surface area contributed by atoms with Gasteiger partial charge in [-0.2, -0.15) is 0 Å². The molecule has 0 saturated carbocycles. The molecule has 1 saturated heterocycles. The summed E-state index contributed by atoms with van der Waals surface area (Å²) < 4.78 is 5.31. The van der Waals surface area contributed by atoms with E-state index in [-0.39, 0.29) is 0 Å². The molecule has 0 spiro atoms. The van der Waals surface area contributed by atoms with E-state index in [0.29, 0.717) is 17.9 Å². The summed E-state index contributed by atoms with van der Waals surface area (Å²) >= 11 is 0. The van der Waals surface area contributed by atoms with E-state index in [0.717, 1.165) is 39.0 Å². The lowest BCUT2D eigenvalue weighted by Crippen LogP contribution is -2.39. The first-order valence-electron chi connectivity index (χ1n) is 5.29. The number of hydrogen-bond acceptors (Lipinski definition) is 3. The van der Waals surface area contributed by atoms with Crippen molar-refractivity contribution in [2.24, 2.45) is 23.3 Å². The fourth-order valence-electron chi connectivity index (χ4n) is 2.02. The highest BCUT2D eigenvalue weighted by molar-refractivity contribution is 4.79. The zero-order chi connectivity index (χ0) is 9.68. The number of nitrogens with two attached hydrogens (primary N) is 2. The van der Waals surface area contributed by atoms with E-state index in [2.05, 4.69) is 6.92 Å². The molecule has 0 aromatic carbocycles. The minimum atomic E-state index is 0.312. The molecule has 2 unspecified atom stereocenters. The Bertz CT molecular complexity index is 135. The highest BCUT2D eigenvalue weighted by Gasteiger charge is 2.24. The van der Waals surface area contributed by atoms with Crippen LogP contribution in [0.25, 0.3) is 0 Å². The Hall–Kier alpha value is -0.120. The Balaban J connectivity index is 2.31. The largest absolute Gasteiger partial charge is 0.381 e. The molecule has 0 aromatic heterocycles. The van der Waals surface area contributed by atoms with E-state index < -0.39 is 0 Å². The molecule has 3 heteroatoms. The molecule has 1 aliphatic heterocycles. The molecule has 1 fully saturated rings. The van der Waals surface area contributed by atoms with Crippen molar-refractivity contribution in [2.75, 3.05) is 19.8 Å². The lowest BCUT2D eigenvalue weighted by Gasteiger charge is -2.31. The van der Waals surface area contributed by atoms with Gasteiger partial charge in [-0.25, -0.2) is 0 Å². The third kappa shape index (κ3) is 3.25. The fraction of sp³-hybridized carbons (Fsp3) is 1.00. The van der Waals surface area contributed by atoms with Crippen LogP contribution in [0, 0.1) is 11.8 Å². The molecule has 3 nitrogen and oxygen atoms in total. The second kappa shape index (κ2) is 5.58. The molecule has 78 valence electrons. The van der Waals surface area contributed by atoms with E-state index >= 15 is 0 Å². The first-order chi connectivity index (χ1) is 6.25. The average Bonchev–Trinajstić information content (AvgIpc) is 2.18. The minimum absolute atomic E-state index is 0.312. The second-order valence-electron chi connectivity index (χ2n) is 4.08. The molecular formula is C10H22N2O. The maximum atomic E-state index is 6.17. The van der Waals surface area contributed by atoms with Gasteiger partial charge in [-0.05, 0) is 37.6 Å². The van der Waals surface area contributed by atoms with Crippen LogP contribution < -0.4 is 11.5 Å². The van der Waals surface area contributed by atoms with Gasteiger partial charge in [0.05, 0.1) is 0 Å². The summed E-state index contributed by atoms with van der Waals surface area (Å²) in [5, 5.41) is 0. The predicted molar refractivity (Wildman–Crippen MR) is 54.4 cm³/mol. The van der Waals surface area contributed by atoms with Crippen LogP contribution in [0.2, 0.25) is 0 Å². The van der Waals surface area contributed by atoms with Gasteiger partial charge in [0.25, 0.3) is 0 Å². The van der Waals surface area contributed by atoms with Crippen molar-refractivity contribution in [1.82, 2.24) is 0 Å². The quantitative estimate of drug-likeness (QED) is 0.680. The molecule has 0 aliphatic carbocycles. The molecule has 1 rings (SSSR count). The number of ether oxygens (including phenoxy) is 1. The predicted octanol–water partition coefficient (Wildman–Crippen LogP) is 0.725. The van der Waals surface area contributed by atoms with E-state index in [4.69, 9.17) is 16.2 Å². The van der Waals surface area contributed by atoms with E-state index in [1.54, 1.807) is 0 Å². The molecule has 0 amide bonds. The van der Waals surface area contributed by atoms with E-state index in [1.165, 1.54) is 0 Å². The lowest BCUT2D eigenvalue weighted by molar-refractivity contribution is 0.0517. The SMILES string of the molecule is CC(CCN)C(N)C1CCOCC1. The van der Waals surface area contributed by atoms with Crippen molar-refractivity contribution < 1.29 is 4.74 Å². The van der Waals surface area contributed by atoms with Crippen molar-refractivity contribution in [3.63, 3.8) is 0 Å². The molecule has 2 atom stereocenters. The van der Waals surface area contributed by atoms with Crippen LogP contribution in [0.5, 0.6) is 0 Å². The van der Waals surface area contributed by atoms with Crippen LogP contribution in [0.3, 0.4) is 0 Å².